The van der Waals surface area contributed by atoms with Gasteiger partial charge in [0.15, 0.2) is 18.7 Å². The highest BCUT2D eigenvalue weighted by molar-refractivity contribution is 7.61. The molecule has 2 unspecified atom stereocenters. The third-order valence-corrected chi connectivity index (χ3v) is 7.71. The van der Waals surface area contributed by atoms with Crippen LogP contribution in [0.2, 0.25) is 0 Å². The zero-order chi connectivity index (χ0) is 27.0. The first-order valence-electron chi connectivity index (χ1n) is 9.95. The zero-order valence-corrected chi connectivity index (χ0v) is 19.6. The molecule has 1 aromatic heterocycles. The highest BCUT2D eigenvalue weighted by atomic mass is 31.3. The third kappa shape index (κ3) is 6.53. The Labute approximate surface area is 199 Å². The number of phosphoric ester groups is 2. The molecule has 206 valence electrons. The van der Waals surface area contributed by atoms with Crippen LogP contribution in [-0.2, 0) is 32.0 Å². The van der Waals surface area contributed by atoms with Crippen LogP contribution in [0.5, 0.6) is 0 Å². The lowest BCUT2D eigenvalue weighted by atomic mass is 10.0. The number of aliphatic hydroxyl groups excluding tert-OH is 5. The van der Waals surface area contributed by atoms with Crippen LogP contribution in [0, 0.1) is 0 Å². The number of phosphoric acid groups is 2. The van der Waals surface area contributed by atoms with E-state index in [-0.39, 0.29) is 0 Å². The van der Waals surface area contributed by atoms with E-state index in [0.717, 1.165) is 12.3 Å². The van der Waals surface area contributed by atoms with Gasteiger partial charge in [-0.15, -0.1) is 0 Å². The highest BCUT2D eigenvalue weighted by Gasteiger charge is 2.50. The molecule has 3 heterocycles. The van der Waals surface area contributed by atoms with Gasteiger partial charge in [-0.25, -0.2) is 18.3 Å². The van der Waals surface area contributed by atoms with Crippen LogP contribution in [0.1, 0.15) is 6.23 Å². The Hall–Kier alpha value is -1.41. The lowest BCUT2D eigenvalue weighted by Crippen LogP contribution is -2.57. The van der Waals surface area contributed by atoms with E-state index in [4.69, 9.17) is 14.6 Å². The number of H-pyrrole nitrogens is 1. The van der Waals surface area contributed by atoms with Crippen molar-refractivity contribution < 1.29 is 71.7 Å². The first kappa shape index (κ1) is 29.2. The van der Waals surface area contributed by atoms with Crippen LogP contribution in [0.4, 0.5) is 4.39 Å². The summed E-state index contributed by atoms with van der Waals surface area (Å²) in [5, 5.41) is 48.6. The minimum Gasteiger partial charge on any atom is -0.394 e. The molecule has 0 radical (unpaired) electrons. The molecule has 2 aliphatic rings. The number of ether oxygens (including phenoxy) is 2. The van der Waals surface area contributed by atoms with Crippen molar-refractivity contribution >= 4 is 15.6 Å². The predicted octanol–water partition coefficient (Wildman–Crippen LogP) is -3.82. The van der Waals surface area contributed by atoms with Gasteiger partial charge in [-0.1, -0.05) is 0 Å². The Bertz CT molecular complexity index is 1130. The summed E-state index contributed by atoms with van der Waals surface area (Å²) in [5.74, 6) is 0. The smallest absolute Gasteiger partial charge is 0.394 e. The maximum atomic E-state index is 13.8. The van der Waals surface area contributed by atoms with E-state index in [1.54, 1.807) is 0 Å². The fourth-order valence-corrected chi connectivity index (χ4v) is 5.48. The normalized spacial score (nSPS) is 38.4. The second kappa shape index (κ2) is 11.1. The molecule has 0 saturated carbocycles. The molecular formula is C15H23FN2O16P2. The van der Waals surface area contributed by atoms with Crippen molar-refractivity contribution in [3.8, 4) is 0 Å². The van der Waals surface area contributed by atoms with E-state index in [1.807, 2.05) is 4.98 Å². The highest BCUT2D eigenvalue weighted by Crippen LogP contribution is 2.61. The number of halogens is 1. The molecule has 0 bridgehead atoms. The zero-order valence-electron chi connectivity index (χ0n) is 17.8. The van der Waals surface area contributed by atoms with Gasteiger partial charge in [0.2, 0.25) is 0 Å². The average Bonchev–Trinajstić information content (AvgIpc) is 3.06. The Kier molecular flexibility index (Phi) is 9.02. The van der Waals surface area contributed by atoms with E-state index in [9.17, 15) is 53.3 Å². The van der Waals surface area contributed by atoms with E-state index in [1.165, 1.54) is 0 Å². The van der Waals surface area contributed by atoms with Gasteiger partial charge in [0.1, 0.15) is 36.6 Å². The van der Waals surface area contributed by atoms with Crippen molar-refractivity contribution in [2.45, 2.75) is 55.3 Å². The van der Waals surface area contributed by atoms with Gasteiger partial charge >= 0.3 is 21.3 Å². The molecular weight excluding hydrogens is 545 g/mol. The standard InChI is InChI=1S/C15H23FN2O16P2/c16-8-5(3-19)32-14(12(24)10(8)22)33-36(28,29)34-35(26,27)30-4-6-9(21)11(23)13(31-6)18-2-1-7(20)17-15(18)25/h1-2,5-6,8-14,19,21-24H,3-4H2,(H,26,27)(H,28,29)(H,17,20,25)/t5-,6-,8+,9-,10+,11-,12-,13-,14-/m1/s1. The number of nitrogens with one attached hydrogen (secondary N) is 1. The molecule has 2 fully saturated rings. The van der Waals surface area contributed by atoms with Gasteiger partial charge < -0.3 is 44.8 Å². The molecule has 36 heavy (non-hydrogen) atoms. The van der Waals surface area contributed by atoms with E-state index in [0.29, 0.717) is 4.57 Å². The number of hydrogen-bond acceptors (Lipinski definition) is 14. The van der Waals surface area contributed by atoms with Crippen molar-refractivity contribution in [3.63, 3.8) is 0 Å². The lowest BCUT2D eigenvalue weighted by Gasteiger charge is -2.38. The first-order chi connectivity index (χ1) is 16.7. The van der Waals surface area contributed by atoms with E-state index in [2.05, 4.69) is 13.4 Å². The number of hydrogen-bond donors (Lipinski definition) is 8. The first-order valence-corrected chi connectivity index (χ1v) is 12.9. The number of aliphatic hydroxyl groups is 5. The molecule has 18 nitrogen and oxygen atoms in total. The maximum absolute atomic E-state index is 13.8. The number of rotatable bonds is 9. The van der Waals surface area contributed by atoms with Gasteiger partial charge in [0.25, 0.3) is 5.56 Å². The van der Waals surface area contributed by atoms with E-state index < -0.39 is 95.4 Å². The maximum Gasteiger partial charge on any atom is 0.483 e. The fraction of sp³-hybridized carbons (Fsp3) is 0.733. The number of aromatic nitrogens is 2. The van der Waals surface area contributed by atoms with Crippen molar-refractivity contribution in [2.75, 3.05) is 13.2 Å². The van der Waals surface area contributed by atoms with Gasteiger partial charge in [-0.3, -0.25) is 23.4 Å². The number of nitrogens with zero attached hydrogens (tertiary/aromatic N) is 1. The quantitative estimate of drug-likeness (QED) is 0.133. The summed E-state index contributed by atoms with van der Waals surface area (Å²) in [5.41, 5.74) is -1.76. The number of alkyl halides is 1. The molecule has 0 amide bonds. The third-order valence-electron chi connectivity index (χ3n) is 5.11. The minimum absolute atomic E-state index is 0.714. The summed E-state index contributed by atoms with van der Waals surface area (Å²) in [4.78, 5) is 44.4. The van der Waals surface area contributed by atoms with Crippen LogP contribution in [-0.4, -0.2) is 107 Å². The monoisotopic (exact) mass is 568 g/mol. The van der Waals surface area contributed by atoms with Gasteiger partial charge in [-0.05, 0) is 0 Å². The molecule has 0 aliphatic carbocycles. The fourth-order valence-electron chi connectivity index (χ4n) is 3.32. The average molecular weight is 568 g/mol. The molecule has 2 saturated heterocycles. The van der Waals surface area contributed by atoms with E-state index >= 15 is 0 Å². The summed E-state index contributed by atoms with van der Waals surface area (Å²) < 4.78 is 61.5. The van der Waals surface area contributed by atoms with Crippen molar-refractivity contribution in [1.29, 1.82) is 0 Å². The Morgan fingerprint density at radius 1 is 1.00 bits per heavy atom. The topological polar surface area (TPSA) is 277 Å². The molecule has 11 atom stereocenters. The summed E-state index contributed by atoms with van der Waals surface area (Å²) in [6, 6.07) is 0.921. The van der Waals surface area contributed by atoms with Crippen LogP contribution >= 0.6 is 15.6 Å². The van der Waals surface area contributed by atoms with Gasteiger partial charge in [0.05, 0.1) is 13.2 Å². The summed E-state index contributed by atoms with van der Waals surface area (Å²) in [6.45, 7) is -2.07. The SMILES string of the molecule is O=c1ccn([C@@H]2O[C@H](COP(=O)(O)OP(=O)(O)O[C@H]3O[C@H](CO)[C@H](F)[C@H](O)[C@H]3O)[C@@H](O)[C@H]2O)c(=O)[nH]1. The largest absolute Gasteiger partial charge is 0.483 e. The molecule has 2 aliphatic heterocycles. The van der Waals surface area contributed by atoms with Crippen LogP contribution in [0.15, 0.2) is 21.9 Å². The minimum atomic E-state index is -5.63. The second-order valence-electron chi connectivity index (χ2n) is 7.63. The van der Waals surface area contributed by atoms with Crippen LogP contribution in [0.3, 0.4) is 0 Å². The predicted molar refractivity (Wildman–Crippen MR) is 108 cm³/mol. The van der Waals surface area contributed by atoms with Crippen molar-refractivity contribution in [2.24, 2.45) is 0 Å². The van der Waals surface area contributed by atoms with Crippen LogP contribution < -0.4 is 11.2 Å². The molecule has 0 spiro atoms. The van der Waals surface area contributed by atoms with Crippen molar-refractivity contribution in [1.82, 2.24) is 9.55 Å². The molecule has 21 heteroatoms. The molecule has 8 N–H and O–H groups in total. The van der Waals surface area contributed by atoms with Crippen LogP contribution in [0.25, 0.3) is 0 Å². The number of aromatic amines is 1. The summed E-state index contributed by atoms with van der Waals surface area (Å²) in [6.07, 6.45) is -16.6. The Morgan fingerprint density at radius 3 is 2.28 bits per heavy atom. The Morgan fingerprint density at radius 2 is 1.67 bits per heavy atom. The molecule has 3 rings (SSSR count). The lowest BCUT2D eigenvalue weighted by molar-refractivity contribution is -0.268. The molecule has 1 aromatic rings. The van der Waals surface area contributed by atoms with Gasteiger partial charge in [-0.2, -0.15) is 4.31 Å². The Balaban J connectivity index is 1.61. The summed E-state index contributed by atoms with van der Waals surface area (Å²) in [7, 11) is -11.1. The summed E-state index contributed by atoms with van der Waals surface area (Å²) >= 11 is 0. The molecule has 0 aromatic carbocycles. The second-order valence-corrected chi connectivity index (χ2v) is 10.6. The van der Waals surface area contributed by atoms with Crippen molar-refractivity contribution in [3.05, 3.63) is 33.1 Å². The van der Waals surface area contributed by atoms with Gasteiger partial charge in [0, 0.05) is 12.3 Å².